The number of thioether (sulfide) groups is 1. The van der Waals surface area contributed by atoms with Crippen LogP contribution in [-0.4, -0.2) is 49.1 Å². The molecule has 31 heavy (non-hydrogen) atoms. The molecule has 2 N–H and O–H groups in total. The van der Waals surface area contributed by atoms with Gasteiger partial charge in [-0.2, -0.15) is 0 Å². The first-order valence-corrected chi connectivity index (χ1v) is 10.8. The number of hydrogen-bond donors (Lipinski definition) is 2. The molecule has 0 aliphatic carbocycles. The molecule has 162 valence electrons. The average molecular weight is 461 g/mol. The van der Waals surface area contributed by atoms with Crippen LogP contribution in [0.3, 0.4) is 0 Å². The Morgan fingerprint density at radius 2 is 1.61 bits per heavy atom. The Hall–Kier alpha value is -3.31. The van der Waals surface area contributed by atoms with Crippen molar-refractivity contribution in [1.29, 1.82) is 0 Å². The summed E-state index contributed by atoms with van der Waals surface area (Å²) >= 11 is 2.39. The molecule has 3 rings (SSSR count). The number of carbonyl (C=O) groups excluding carboxylic acids is 2. The lowest BCUT2D eigenvalue weighted by Gasteiger charge is -2.11. The van der Waals surface area contributed by atoms with E-state index in [4.69, 9.17) is 14.2 Å². The minimum absolute atomic E-state index is 0.148. The number of nitrogens with one attached hydrogen (secondary N) is 2. The van der Waals surface area contributed by atoms with Gasteiger partial charge in [-0.1, -0.05) is 29.2 Å². The molecule has 3 aromatic rings. The third-order valence-electron chi connectivity index (χ3n) is 3.98. The smallest absolute Gasteiger partial charge is 0.265 e. The van der Waals surface area contributed by atoms with Gasteiger partial charge < -0.3 is 19.5 Å². The summed E-state index contributed by atoms with van der Waals surface area (Å²) in [5.74, 6) is 1.00. The van der Waals surface area contributed by atoms with Gasteiger partial charge in [0.1, 0.15) is 22.8 Å². The standard InChI is InChI=1S/C20H20N4O5S2/c1-27-13-9-7-12(8-10-13)21-16(25)11-30-20-24-23-19(31-20)22-18(26)17-14(28-2)5-4-6-15(17)29-3/h4-10H,11H2,1-3H3,(H,21,25)(H,22,23,26). The second kappa shape index (κ2) is 10.6. The van der Waals surface area contributed by atoms with Crippen LogP contribution in [0.25, 0.3) is 0 Å². The lowest BCUT2D eigenvalue weighted by molar-refractivity contribution is -0.113. The van der Waals surface area contributed by atoms with Crippen molar-refractivity contribution < 1.29 is 23.8 Å². The maximum atomic E-state index is 12.7. The molecular weight excluding hydrogens is 440 g/mol. The van der Waals surface area contributed by atoms with Crippen LogP contribution in [0.15, 0.2) is 46.8 Å². The molecule has 0 aliphatic rings. The molecule has 11 heteroatoms. The number of rotatable bonds is 9. The summed E-state index contributed by atoms with van der Waals surface area (Å²) in [5.41, 5.74) is 0.929. The first-order valence-electron chi connectivity index (χ1n) is 8.96. The third-order valence-corrected chi connectivity index (χ3v) is 5.95. The van der Waals surface area contributed by atoms with E-state index >= 15 is 0 Å². The quantitative estimate of drug-likeness (QED) is 0.368. The number of methoxy groups -OCH3 is 3. The van der Waals surface area contributed by atoms with Crippen molar-refractivity contribution in [3.63, 3.8) is 0 Å². The van der Waals surface area contributed by atoms with Gasteiger partial charge in [0.25, 0.3) is 5.91 Å². The lowest BCUT2D eigenvalue weighted by Crippen LogP contribution is -2.14. The van der Waals surface area contributed by atoms with Gasteiger partial charge in [-0.25, -0.2) is 0 Å². The number of amides is 2. The summed E-state index contributed by atoms with van der Waals surface area (Å²) < 4.78 is 16.1. The summed E-state index contributed by atoms with van der Waals surface area (Å²) in [6.45, 7) is 0. The fourth-order valence-electron chi connectivity index (χ4n) is 2.55. The fourth-order valence-corrected chi connectivity index (χ4v) is 4.10. The van der Waals surface area contributed by atoms with Crippen molar-refractivity contribution in [3.05, 3.63) is 48.0 Å². The molecule has 1 heterocycles. The maximum Gasteiger partial charge on any atom is 0.265 e. The molecule has 0 saturated carbocycles. The summed E-state index contributed by atoms with van der Waals surface area (Å²) in [6.07, 6.45) is 0. The van der Waals surface area contributed by atoms with E-state index in [0.717, 1.165) is 0 Å². The van der Waals surface area contributed by atoms with Crippen LogP contribution >= 0.6 is 23.1 Å². The van der Waals surface area contributed by atoms with Crippen LogP contribution in [0.1, 0.15) is 10.4 Å². The highest BCUT2D eigenvalue weighted by Crippen LogP contribution is 2.31. The van der Waals surface area contributed by atoms with Gasteiger partial charge in [-0.3, -0.25) is 14.9 Å². The molecule has 0 atom stereocenters. The third kappa shape index (κ3) is 5.86. The van der Waals surface area contributed by atoms with Gasteiger partial charge in [0.05, 0.1) is 27.1 Å². The van der Waals surface area contributed by atoms with E-state index in [1.807, 2.05) is 0 Å². The van der Waals surface area contributed by atoms with Gasteiger partial charge in [0.2, 0.25) is 11.0 Å². The summed E-state index contributed by atoms with van der Waals surface area (Å²) in [4.78, 5) is 24.8. The zero-order valence-corrected chi connectivity index (χ0v) is 18.6. The van der Waals surface area contributed by atoms with E-state index in [0.29, 0.717) is 32.4 Å². The van der Waals surface area contributed by atoms with Crippen molar-refractivity contribution in [1.82, 2.24) is 10.2 Å². The first kappa shape index (κ1) is 22.4. The van der Waals surface area contributed by atoms with Gasteiger partial charge >= 0.3 is 0 Å². The highest BCUT2D eigenvalue weighted by molar-refractivity contribution is 8.01. The second-order valence-corrected chi connectivity index (χ2v) is 8.13. The molecule has 2 aromatic carbocycles. The van der Waals surface area contributed by atoms with E-state index in [1.165, 1.54) is 37.3 Å². The Labute approximate surface area is 187 Å². The van der Waals surface area contributed by atoms with Crippen LogP contribution < -0.4 is 24.8 Å². The van der Waals surface area contributed by atoms with Crippen LogP contribution in [0, 0.1) is 0 Å². The normalized spacial score (nSPS) is 10.3. The Balaban J connectivity index is 1.57. The zero-order chi connectivity index (χ0) is 22.2. The molecular formula is C20H20N4O5S2. The molecule has 2 amide bonds. The number of carbonyl (C=O) groups is 2. The topological polar surface area (TPSA) is 112 Å². The van der Waals surface area contributed by atoms with Crippen molar-refractivity contribution in [3.8, 4) is 17.2 Å². The molecule has 0 fully saturated rings. The van der Waals surface area contributed by atoms with Gasteiger partial charge in [0.15, 0.2) is 4.34 Å². The minimum atomic E-state index is -0.431. The Kier molecular flexibility index (Phi) is 7.68. The van der Waals surface area contributed by atoms with Crippen molar-refractivity contribution >= 4 is 45.7 Å². The number of aromatic nitrogens is 2. The monoisotopic (exact) mass is 460 g/mol. The SMILES string of the molecule is COc1ccc(NC(=O)CSc2nnc(NC(=O)c3c(OC)cccc3OC)s2)cc1. The number of anilines is 2. The molecule has 0 bridgehead atoms. The van der Waals surface area contributed by atoms with Crippen LogP contribution in [-0.2, 0) is 4.79 Å². The van der Waals surface area contributed by atoms with Crippen molar-refractivity contribution in [2.75, 3.05) is 37.7 Å². The maximum absolute atomic E-state index is 12.7. The van der Waals surface area contributed by atoms with Gasteiger partial charge in [-0.05, 0) is 36.4 Å². The Bertz CT molecular complexity index is 1030. The van der Waals surface area contributed by atoms with Gasteiger partial charge in [-0.15, -0.1) is 10.2 Å². The molecule has 0 aliphatic heterocycles. The first-order chi connectivity index (χ1) is 15.0. The largest absolute Gasteiger partial charge is 0.497 e. The summed E-state index contributed by atoms with van der Waals surface area (Å²) in [6, 6.07) is 12.1. The van der Waals surface area contributed by atoms with E-state index < -0.39 is 5.91 Å². The molecule has 0 saturated heterocycles. The highest BCUT2D eigenvalue weighted by atomic mass is 32.2. The minimum Gasteiger partial charge on any atom is -0.497 e. The predicted molar refractivity (Wildman–Crippen MR) is 120 cm³/mol. The number of benzene rings is 2. The molecule has 1 aromatic heterocycles. The van der Waals surface area contributed by atoms with Gasteiger partial charge in [0, 0.05) is 5.69 Å². The summed E-state index contributed by atoms with van der Waals surface area (Å²) in [5, 5.41) is 13.8. The average Bonchev–Trinajstić information content (AvgIpc) is 3.24. The summed E-state index contributed by atoms with van der Waals surface area (Å²) in [7, 11) is 4.53. The van der Waals surface area contributed by atoms with E-state index in [1.54, 1.807) is 49.6 Å². The molecule has 9 nitrogen and oxygen atoms in total. The molecule has 0 spiro atoms. The second-order valence-electron chi connectivity index (χ2n) is 5.93. The fraction of sp³-hybridized carbons (Fsp3) is 0.200. The van der Waals surface area contributed by atoms with E-state index in [2.05, 4.69) is 20.8 Å². The highest BCUT2D eigenvalue weighted by Gasteiger charge is 2.20. The number of ether oxygens (including phenoxy) is 3. The Morgan fingerprint density at radius 3 is 2.23 bits per heavy atom. The zero-order valence-electron chi connectivity index (χ0n) is 17.0. The van der Waals surface area contributed by atoms with Crippen LogP contribution in [0.5, 0.6) is 17.2 Å². The number of nitrogens with zero attached hydrogens (tertiary/aromatic N) is 2. The number of hydrogen-bond acceptors (Lipinski definition) is 9. The molecule has 0 unspecified atom stereocenters. The van der Waals surface area contributed by atoms with E-state index in [9.17, 15) is 9.59 Å². The van der Waals surface area contributed by atoms with Crippen molar-refractivity contribution in [2.24, 2.45) is 0 Å². The Morgan fingerprint density at radius 1 is 0.935 bits per heavy atom. The van der Waals surface area contributed by atoms with Crippen molar-refractivity contribution in [2.45, 2.75) is 4.34 Å². The van der Waals surface area contributed by atoms with Crippen LogP contribution in [0.2, 0.25) is 0 Å². The molecule has 0 radical (unpaired) electrons. The van der Waals surface area contributed by atoms with E-state index in [-0.39, 0.29) is 17.2 Å². The predicted octanol–water partition coefficient (Wildman–Crippen LogP) is 3.55. The lowest BCUT2D eigenvalue weighted by atomic mass is 10.1. The van der Waals surface area contributed by atoms with Crippen LogP contribution in [0.4, 0.5) is 10.8 Å².